The van der Waals surface area contributed by atoms with Gasteiger partial charge in [0.15, 0.2) is 11.5 Å². The minimum atomic E-state index is 0.712. The van der Waals surface area contributed by atoms with Crippen LogP contribution in [0.4, 0.5) is 0 Å². The molecule has 130 valence electrons. The van der Waals surface area contributed by atoms with Gasteiger partial charge in [-0.3, -0.25) is 9.97 Å². The van der Waals surface area contributed by atoms with Gasteiger partial charge in [-0.05, 0) is 42.1 Å². The summed E-state index contributed by atoms with van der Waals surface area (Å²) in [6, 6.07) is 16.4. The van der Waals surface area contributed by atoms with Gasteiger partial charge in [0.05, 0.1) is 19.7 Å². The van der Waals surface area contributed by atoms with Crippen molar-refractivity contribution in [2.24, 2.45) is 0 Å². The van der Waals surface area contributed by atoms with Crippen LogP contribution >= 0.6 is 0 Å². The second-order valence-corrected chi connectivity index (χ2v) is 6.29. The van der Waals surface area contributed by atoms with Crippen molar-refractivity contribution in [2.45, 2.75) is 13.3 Å². The zero-order chi connectivity index (χ0) is 18.1. The molecule has 4 rings (SSSR count). The molecule has 0 bridgehead atoms. The molecule has 0 aliphatic heterocycles. The lowest BCUT2D eigenvalue weighted by atomic mass is 10.0. The molecule has 0 amide bonds. The second kappa shape index (κ2) is 6.64. The number of aromatic nitrogens is 2. The standard InChI is InChI=1S/C22H20N2O2/c1-14-18-11-21(25-2)22(26-3)12-19(18)16(13-23-14)10-17-9-8-15-6-4-5-7-20(15)24-17/h4-9,11-13H,10H2,1-3H3. The van der Waals surface area contributed by atoms with Gasteiger partial charge in [0.2, 0.25) is 0 Å². The Hall–Kier alpha value is -3.14. The highest BCUT2D eigenvalue weighted by atomic mass is 16.5. The minimum absolute atomic E-state index is 0.712. The maximum Gasteiger partial charge on any atom is 0.161 e. The molecule has 0 atom stereocenters. The van der Waals surface area contributed by atoms with Gasteiger partial charge in [0.1, 0.15) is 0 Å². The predicted molar refractivity (Wildman–Crippen MR) is 104 cm³/mol. The van der Waals surface area contributed by atoms with E-state index in [1.807, 2.05) is 43.5 Å². The average molecular weight is 344 g/mol. The Morgan fingerprint density at radius 3 is 2.38 bits per heavy atom. The lowest BCUT2D eigenvalue weighted by Crippen LogP contribution is -1.98. The largest absolute Gasteiger partial charge is 0.493 e. The van der Waals surface area contributed by atoms with E-state index in [-0.39, 0.29) is 0 Å². The van der Waals surface area contributed by atoms with E-state index in [1.54, 1.807) is 14.2 Å². The number of benzene rings is 2. The molecule has 0 spiro atoms. The summed E-state index contributed by atoms with van der Waals surface area (Å²) in [5, 5.41) is 3.33. The summed E-state index contributed by atoms with van der Waals surface area (Å²) in [4.78, 5) is 9.36. The summed E-state index contributed by atoms with van der Waals surface area (Å²) in [5.41, 5.74) is 4.12. The molecule has 0 aliphatic rings. The lowest BCUT2D eigenvalue weighted by molar-refractivity contribution is 0.356. The van der Waals surface area contributed by atoms with Crippen molar-refractivity contribution >= 4 is 21.7 Å². The number of para-hydroxylation sites is 1. The SMILES string of the molecule is COc1cc2c(Cc3ccc4ccccc4n3)cnc(C)c2cc1OC. The summed E-state index contributed by atoms with van der Waals surface area (Å²) >= 11 is 0. The zero-order valence-corrected chi connectivity index (χ0v) is 15.1. The monoisotopic (exact) mass is 344 g/mol. The molecule has 0 saturated carbocycles. The maximum absolute atomic E-state index is 5.49. The van der Waals surface area contributed by atoms with Gasteiger partial charge in [0.25, 0.3) is 0 Å². The molecule has 4 aromatic rings. The Bertz CT molecular complexity index is 1110. The molecule has 0 saturated heterocycles. The Morgan fingerprint density at radius 2 is 1.62 bits per heavy atom. The van der Waals surface area contributed by atoms with E-state index in [1.165, 1.54) is 0 Å². The first-order chi connectivity index (χ1) is 12.7. The quantitative estimate of drug-likeness (QED) is 0.538. The zero-order valence-electron chi connectivity index (χ0n) is 15.1. The van der Waals surface area contributed by atoms with E-state index in [0.29, 0.717) is 12.2 Å². The van der Waals surface area contributed by atoms with Crippen molar-refractivity contribution < 1.29 is 9.47 Å². The van der Waals surface area contributed by atoms with E-state index >= 15 is 0 Å². The Balaban J connectivity index is 1.83. The topological polar surface area (TPSA) is 44.2 Å². The van der Waals surface area contributed by atoms with Crippen molar-refractivity contribution in [1.29, 1.82) is 0 Å². The van der Waals surface area contributed by atoms with Crippen LogP contribution < -0.4 is 9.47 Å². The first-order valence-corrected chi connectivity index (χ1v) is 8.54. The Kier molecular flexibility index (Phi) is 4.17. The normalized spacial score (nSPS) is 11.0. The molecular formula is C22H20N2O2. The third kappa shape index (κ3) is 2.84. The van der Waals surface area contributed by atoms with Crippen LogP contribution in [0.2, 0.25) is 0 Å². The van der Waals surface area contributed by atoms with Crippen LogP contribution in [0, 0.1) is 6.92 Å². The van der Waals surface area contributed by atoms with Gasteiger partial charge in [-0.1, -0.05) is 24.3 Å². The molecule has 2 heterocycles. The molecule has 4 nitrogen and oxygen atoms in total. The fourth-order valence-electron chi connectivity index (χ4n) is 3.30. The minimum Gasteiger partial charge on any atom is -0.493 e. The summed E-state index contributed by atoms with van der Waals surface area (Å²) < 4.78 is 10.9. The molecule has 0 unspecified atom stereocenters. The third-order valence-electron chi connectivity index (χ3n) is 4.70. The van der Waals surface area contributed by atoms with Crippen LogP contribution in [-0.2, 0) is 6.42 Å². The van der Waals surface area contributed by atoms with E-state index < -0.39 is 0 Å². The van der Waals surface area contributed by atoms with Gasteiger partial charge in [-0.2, -0.15) is 0 Å². The van der Waals surface area contributed by atoms with Crippen LogP contribution in [0.3, 0.4) is 0 Å². The van der Waals surface area contributed by atoms with Crippen molar-refractivity contribution in [1.82, 2.24) is 9.97 Å². The summed E-state index contributed by atoms with van der Waals surface area (Å²) in [6.07, 6.45) is 2.64. The maximum atomic E-state index is 5.49. The molecule has 0 aliphatic carbocycles. The van der Waals surface area contributed by atoms with Crippen molar-refractivity contribution in [3.8, 4) is 11.5 Å². The molecule has 26 heavy (non-hydrogen) atoms. The number of methoxy groups -OCH3 is 2. The molecule has 2 aromatic heterocycles. The molecule has 4 heteroatoms. The first-order valence-electron chi connectivity index (χ1n) is 8.54. The van der Waals surface area contributed by atoms with E-state index in [9.17, 15) is 0 Å². The van der Waals surface area contributed by atoms with Gasteiger partial charge < -0.3 is 9.47 Å². The Morgan fingerprint density at radius 1 is 0.885 bits per heavy atom. The molecule has 0 N–H and O–H groups in total. The fraction of sp³-hybridized carbons (Fsp3) is 0.182. The highest BCUT2D eigenvalue weighted by molar-refractivity contribution is 5.90. The predicted octanol–water partition coefficient (Wildman–Crippen LogP) is 4.70. The Labute approximate surface area is 152 Å². The molecule has 2 aromatic carbocycles. The number of pyridine rings is 2. The van der Waals surface area contributed by atoms with Crippen LogP contribution in [0.5, 0.6) is 11.5 Å². The van der Waals surface area contributed by atoms with E-state index in [0.717, 1.165) is 44.4 Å². The molecule has 0 radical (unpaired) electrons. The van der Waals surface area contributed by atoms with Crippen molar-refractivity contribution in [3.05, 3.63) is 71.7 Å². The number of rotatable bonds is 4. The van der Waals surface area contributed by atoms with E-state index in [4.69, 9.17) is 14.5 Å². The highest BCUT2D eigenvalue weighted by Gasteiger charge is 2.12. The number of hydrogen-bond acceptors (Lipinski definition) is 4. The smallest absolute Gasteiger partial charge is 0.161 e. The average Bonchev–Trinajstić information content (AvgIpc) is 2.69. The lowest BCUT2D eigenvalue weighted by Gasteiger charge is -2.13. The van der Waals surface area contributed by atoms with Crippen molar-refractivity contribution in [3.63, 3.8) is 0 Å². The third-order valence-corrected chi connectivity index (χ3v) is 4.70. The van der Waals surface area contributed by atoms with Crippen molar-refractivity contribution in [2.75, 3.05) is 14.2 Å². The number of aryl methyl sites for hydroxylation is 1. The van der Waals surface area contributed by atoms with Gasteiger partial charge in [-0.15, -0.1) is 0 Å². The van der Waals surface area contributed by atoms with Crippen LogP contribution in [0.25, 0.3) is 21.7 Å². The number of hydrogen-bond donors (Lipinski definition) is 0. The number of nitrogens with zero attached hydrogens (tertiary/aromatic N) is 2. The second-order valence-electron chi connectivity index (χ2n) is 6.29. The molecule has 0 fully saturated rings. The van der Waals surface area contributed by atoms with Gasteiger partial charge >= 0.3 is 0 Å². The fourth-order valence-corrected chi connectivity index (χ4v) is 3.30. The van der Waals surface area contributed by atoms with Gasteiger partial charge in [0, 0.05) is 34.8 Å². The van der Waals surface area contributed by atoms with Gasteiger partial charge in [-0.25, -0.2) is 0 Å². The molecular weight excluding hydrogens is 324 g/mol. The first kappa shape index (κ1) is 16.3. The van der Waals surface area contributed by atoms with Crippen LogP contribution in [0.15, 0.2) is 54.7 Å². The number of ether oxygens (including phenoxy) is 2. The number of fused-ring (bicyclic) bond motifs is 2. The summed E-state index contributed by atoms with van der Waals surface area (Å²) in [7, 11) is 3.30. The summed E-state index contributed by atoms with van der Waals surface area (Å²) in [6.45, 7) is 2.01. The van der Waals surface area contributed by atoms with Crippen LogP contribution in [0.1, 0.15) is 17.0 Å². The van der Waals surface area contributed by atoms with Crippen LogP contribution in [-0.4, -0.2) is 24.2 Å². The highest BCUT2D eigenvalue weighted by Crippen LogP contribution is 2.35. The summed E-state index contributed by atoms with van der Waals surface area (Å²) in [5.74, 6) is 1.43. The van der Waals surface area contributed by atoms with E-state index in [2.05, 4.69) is 23.2 Å².